The Balaban J connectivity index is 2.76. The van der Waals surface area contributed by atoms with Gasteiger partial charge in [0, 0.05) is 32.6 Å². The topological polar surface area (TPSA) is 79.4 Å². The number of nitrogens with one attached hydrogen (secondary N) is 1. The smallest absolute Gasteiger partial charge is 0.255 e. The number of halogens is 1. The van der Waals surface area contributed by atoms with Crippen LogP contribution >= 0.6 is 11.6 Å². The Bertz CT molecular complexity index is 605. The van der Waals surface area contributed by atoms with Crippen LogP contribution in [0.5, 0.6) is 0 Å². The van der Waals surface area contributed by atoms with Gasteiger partial charge < -0.3 is 10.2 Å². The van der Waals surface area contributed by atoms with Gasteiger partial charge in [-0.3, -0.25) is 4.79 Å². The molecular weight excluding hydrogens is 314 g/mol. The molecule has 1 N–H and O–H groups in total. The van der Waals surface area contributed by atoms with Gasteiger partial charge in [-0.15, -0.1) is 0 Å². The minimum Gasteiger partial charge on any atom is -0.369 e. The van der Waals surface area contributed by atoms with Gasteiger partial charge in [-0.2, -0.15) is 0 Å². The van der Waals surface area contributed by atoms with Crippen LogP contribution in [-0.4, -0.2) is 56.4 Å². The monoisotopic (exact) mass is 333 g/mol. The maximum absolute atomic E-state index is 12.2. The Morgan fingerprint density at radius 2 is 2.14 bits per heavy atom. The first-order valence-electron chi connectivity index (χ1n) is 6.57. The summed E-state index contributed by atoms with van der Waals surface area (Å²) in [7, 11) is -1.56. The summed E-state index contributed by atoms with van der Waals surface area (Å²) in [5, 5.41) is 3.42. The highest BCUT2D eigenvalue weighted by Gasteiger charge is 2.15. The second kappa shape index (κ2) is 7.61. The third-order valence-electron chi connectivity index (χ3n) is 2.77. The van der Waals surface area contributed by atoms with Crippen LogP contribution in [0.15, 0.2) is 12.3 Å². The number of carbonyl (C=O) groups excluding carboxylic acids is 1. The summed E-state index contributed by atoms with van der Waals surface area (Å²) in [6, 6.07) is 1.53. The quantitative estimate of drug-likeness (QED) is 0.821. The number of anilines is 1. The van der Waals surface area contributed by atoms with Crippen molar-refractivity contribution >= 4 is 33.2 Å². The van der Waals surface area contributed by atoms with Gasteiger partial charge in [0.25, 0.3) is 5.91 Å². The van der Waals surface area contributed by atoms with E-state index in [1.165, 1.54) is 17.2 Å². The summed E-state index contributed by atoms with van der Waals surface area (Å²) >= 11 is 6.07. The number of pyridine rings is 1. The molecule has 1 aromatic rings. The second-order valence-corrected chi connectivity index (χ2v) is 7.50. The van der Waals surface area contributed by atoms with Crippen molar-refractivity contribution in [3.63, 3.8) is 0 Å². The molecule has 0 saturated carbocycles. The first-order chi connectivity index (χ1) is 9.74. The molecule has 0 spiro atoms. The SMILES string of the molecule is CCCNc1ncc(C(=O)N(C)CCS(C)(=O)=O)cc1Cl. The number of nitrogens with zero attached hydrogens (tertiary/aromatic N) is 2. The lowest BCUT2D eigenvalue weighted by molar-refractivity contribution is 0.0803. The first kappa shape index (κ1) is 17.7. The van der Waals surface area contributed by atoms with E-state index in [2.05, 4.69) is 10.3 Å². The van der Waals surface area contributed by atoms with Crippen LogP contribution in [0.2, 0.25) is 5.02 Å². The third-order valence-corrected chi connectivity index (χ3v) is 3.99. The minimum absolute atomic E-state index is 0.0768. The number of amides is 1. The average Bonchev–Trinajstić information content (AvgIpc) is 2.41. The molecular formula is C13H20ClN3O3S. The van der Waals surface area contributed by atoms with Crippen LogP contribution in [0.4, 0.5) is 5.82 Å². The number of hydrogen-bond acceptors (Lipinski definition) is 5. The third kappa shape index (κ3) is 5.89. The summed E-state index contributed by atoms with van der Waals surface area (Å²) in [5.74, 6) is 0.149. The summed E-state index contributed by atoms with van der Waals surface area (Å²) in [5.41, 5.74) is 0.332. The lowest BCUT2D eigenvalue weighted by atomic mass is 10.2. The zero-order valence-electron chi connectivity index (χ0n) is 12.4. The van der Waals surface area contributed by atoms with Gasteiger partial charge in [-0.05, 0) is 12.5 Å². The first-order valence-corrected chi connectivity index (χ1v) is 9.01. The van der Waals surface area contributed by atoms with Gasteiger partial charge in [0.1, 0.15) is 15.7 Å². The molecule has 118 valence electrons. The average molecular weight is 334 g/mol. The molecule has 0 aliphatic carbocycles. The molecule has 1 heterocycles. The van der Waals surface area contributed by atoms with E-state index in [1.54, 1.807) is 7.05 Å². The number of sulfone groups is 1. The molecule has 1 amide bonds. The zero-order valence-corrected chi connectivity index (χ0v) is 14.0. The standard InChI is InChI=1S/C13H20ClN3O3S/c1-4-5-15-12-11(14)8-10(9-16-12)13(18)17(2)6-7-21(3,19)20/h8-9H,4-7H2,1-3H3,(H,15,16). The Labute approximate surface area is 130 Å². The van der Waals surface area contributed by atoms with Gasteiger partial charge in [0.05, 0.1) is 16.3 Å². The molecule has 0 saturated heterocycles. The molecule has 8 heteroatoms. The summed E-state index contributed by atoms with van der Waals surface area (Å²) in [6.45, 7) is 2.90. The molecule has 0 bridgehead atoms. The molecule has 0 aromatic carbocycles. The Kier molecular flexibility index (Phi) is 6.42. The summed E-state index contributed by atoms with van der Waals surface area (Å²) < 4.78 is 22.2. The number of carbonyl (C=O) groups is 1. The van der Waals surface area contributed by atoms with Gasteiger partial charge in [-0.1, -0.05) is 18.5 Å². The highest BCUT2D eigenvalue weighted by atomic mass is 35.5. The van der Waals surface area contributed by atoms with Crippen molar-refractivity contribution in [1.29, 1.82) is 0 Å². The fourth-order valence-electron chi connectivity index (χ4n) is 1.55. The Hall–Kier alpha value is -1.34. The van der Waals surface area contributed by atoms with Crippen molar-refractivity contribution in [3.8, 4) is 0 Å². The van der Waals surface area contributed by atoms with E-state index in [0.29, 0.717) is 16.4 Å². The molecule has 1 rings (SSSR count). The molecule has 1 aromatic heterocycles. The van der Waals surface area contributed by atoms with Crippen LogP contribution in [0.25, 0.3) is 0 Å². The fourth-order valence-corrected chi connectivity index (χ4v) is 2.39. The maximum atomic E-state index is 12.2. The van der Waals surface area contributed by atoms with E-state index in [4.69, 9.17) is 11.6 Å². The van der Waals surface area contributed by atoms with Crippen molar-refractivity contribution in [2.24, 2.45) is 0 Å². The number of aromatic nitrogens is 1. The molecule has 0 fully saturated rings. The van der Waals surface area contributed by atoms with Crippen LogP contribution in [-0.2, 0) is 9.84 Å². The molecule has 6 nitrogen and oxygen atoms in total. The lowest BCUT2D eigenvalue weighted by Crippen LogP contribution is -2.31. The molecule has 0 unspecified atom stereocenters. The fraction of sp³-hybridized carbons (Fsp3) is 0.538. The van der Waals surface area contributed by atoms with Gasteiger partial charge in [0.15, 0.2) is 0 Å². The summed E-state index contributed by atoms with van der Waals surface area (Å²) in [6.07, 6.45) is 3.51. The van der Waals surface area contributed by atoms with Gasteiger partial charge in [0.2, 0.25) is 0 Å². The molecule has 0 aliphatic rings. The van der Waals surface area contributed by atoms with Crippen molar-refractivity contribution in [1.82, 2.24) is 9.88 Å². The number of rotatable bonds is 7. The predicted octanol–water partition coefficient (Wildman–Crippen LogP) is 1.67. The van der Waals surface area contributed by atoms with E-state index in [0.717, 1.165) is 19.2 Å². The van der Waals surface area contributed by atoms with Crippen molar-refractivity contribution < 1.29 is 13.2 Å². The highest BCUT2D eigenvalue weighted by molar-refractivity contribution is 7.90. The van der Waals surface area contributed by atoms with Crippen molar-refractivity contribution in [2.45, 2.75) is 13.3 Å². The van der Waals surface area contributed by atoms with Crippen LogP contribution in [0.1, 0.15) is 23.7 Å². The van der Waals surface area contributed by atoms with Crippen LogP contribution in [0.3, 0.4) is 0 Å². The van der Waals surface area contributed by atoms with Crippen molar-refractivity contribution in [3.05, 3.63) is 22.8 Å². The van der Waals surface area contributed by atoms with E-state index in [1.807, 2.05) is 6.92 Å². The highest BCUT2D eigenvalue weighted by Crippen LogP contribution is 2.20. The van der Waals surface area contributed by atoms with E-state index >= 15 is 0 Å². The second-order valence-electron chi connectivity index (χ2n) is 4.84. The van der Waals surface area contributed by atoms with Gasteiger partial charge >= 0.3 is 0 Å². The van der Waals surface area contributed by atoms with Gasteiger partial charge in [-0.25, -0.2) is 13.4 Å². The predicted molar refractivity (Wildman–Crippen MR) is 84.7 cm³/mol. The minimum atomic E-state index is -3.11. The summed E-state index contributed by atoms with van der Waals surface area (Å²) in [4.78, 5) is 17.6. The Morgan fingerprint density at radius 1 is 1.48 bits per heavy atom. The lowest BCUT2D eigenvalue weighted by Gasteiger charge is -2.17. The maximum Gasteiger partial charge on any atom is 0.255 e. The van der Waals surface area contributed by atoms with Crippen LogP contribution < -0.4 is 5.32 Å². The van der Waals surface area contributed by atoms with E-state index in [-0.39, 0.29) is 18.2 Å². The van der Waals surface area contributed by atoms with Crippen molar-refractivity contribution in [2.75, 3.05) is 37.5 Å². The van der Waals surface area contributed by atoms with Crippen LogP contribution in [0, 0.1) is 0 Å². The van der Waals surface area contributed by atoms with E-state index < -0.39 is 9.84 Å². The molecule has 0 atom stereocenters. The zero-order chi connectivity index (χ0) is 16.0. The largest absolute Gasteiger partial charge is 0.369 e. The molecule has 0 radical (unpaired) electrons. The number of hydrogen-bond donors (Lipinski definition) is 1. The van der Waals surface area contributed by atoms with E-state index in [9.17, 15) is 13.2 Å². The molecule has 0 aliphatic heterocycles. The molecule has 21 heavy (non-hydrogen) atoms. The normalized spacial score (nSPS) is 11.2. The Morgan fingerprint density at radius 3 is 2.67 bits per heavy atom.